The lowest BCUT2D eigenvalue weighted by atomic mass is 9.92. The Hall–Kier alpha value is -11.4. The Balaban J connectivity index is 0.730. The monoisotopic (exact) mass is 1250 g/mol. The first-order valence-electron chi connectivity index (χ1n) is 31.2. The molecule has 0 aromatic heterocycles. The molecule has 0 amide bonds. The van der Waals surface area contributed by atoms with E-state index in [4.69, 9.17) is 37.9 Å². The summed E-state index contributed by atoms with van der Waals surface area (Å²) in [4.78, 5) is 77.2. The number of carbonyl (C=O) groups excluding carboxylic acids is 6. The van der Waals surface area contributed by atoms with Gasteiger partial charge in [0.2, 0.25) is 0 Å². The molecular formula is C80H70O14. The Kier molecular flexibility index (Phi) is 22.4. The van der Waals surface area contributed by atoms with Crippen molar-refractivity contribution in [2.75, 3.05) is 26.4 Å². The van der Waals surface area contributed by atoms with Gasteiger partial charge in [-0.3, -0.25) is 0 Å². The Morgan fingerprint density at radius 3 is 1.11 bits per heavy atom. The van der Waals surface area contributed by atoms with E-state index in [1.807, 2.05) is 109 Å². The minimum atomic E-state index is -0.574. The molecule has 14 nitrogen and oxygen atoms in total. The third-order valence-corrected chi connectivity index (χ3v) is 15.4. The number of hydrogen-bond donors (Lipinski definition) is 0. The van der Waals surface area contributed by atoms with E-state index in [0.29, 0.717) is 105 Å². The SMILES string of the molecule is C=C(C)C(=O)OCCCCCCOc1ccc(C(=O)Oc2ccc(-c3ccc(C(=O)Oc4cc(-c5c(OC(=O)c6ccc(-c7ccc(OC(=O)c8ccc(OCCCCCCOC(=O)C(=C)C)cc8)cc7)cc6)ccc6ccccc56)c5ccccc5c4)cc3)cc2)cc1. The van der Waals surface area contributed by atoms with Crippen molar-refractivity contribution in [3.05, 3.63) is 265 Å². The van der Waals surface area contributed by atoms with Crippen molar-refractivity contribution in [1.82, 2.24) is 0 Å². The number of rotatable bonds is 29. The first-order chi connectivity index (χ1) is 45.7. The van der Waals surface area contributed by atoms with Crippen molar-refractivity contribution < 1.29 is 66.7 Å². The van der Waals surface area contributed by atoms with Crippen LogP contribution >= 0.6 is 0 Å². The molecule has 0 spiro atoms. The van der Waals surface area contributed by atoms with Gasteiger partial charge in [-0.1, -0.05) is 116 Å². The lowest BCUT2D eigenvalue weighted by Gasteiger charge is -2.17. The summed E-state index contributed by atoms with van der Waals surface area (Å²) >= 11 is 0. The van der Waals surface area contributed by atoms with E-state index in [9.17, 15) is 28.8 Å². The molecule has 0 aliphatic rings. The molecule has 0 N–H and O–H groups in total. The molecule has 14 heteroatoms. The molecule has 0 unspecified atom stereocenters. The van der Waals surface area contributed by atoms with Gasteiger partial charge in [0.05, 0.1) is 48.7 Å². The van der Waals surface area contributed by atoms with E-state index >= 15 is 0 Å². The van der Waals surface area contributed by atoms with Gasteiger partial charge in [0.25, 0.3) is 0 Å². The third-order valence-electron chi connectivity index (χ3n) is 15.4. The normalized spacial score (nSPS) is 10.9. The summed E-state index contributed by atoms with van der Waals surface area (Å²) in [7, 11) is 0. The van der Waals surface area contributed by atoms with Crippen molar-refractivity contribution >= 4 is 57.4 Å². The second-order valence-electron chi connectivity index (χ2n) is 22.5. The van der Waals surface area contributed by atoms with Gasteiger partial charge in [0.1, 0.15) is 34.5 Å². The first kappa shape index (κ1) is 65.6. The van der Waals surface area contributed by atoms with Gasteiger partial charge in [0, 0.05) is 16.7 Å². The summed E-state index contributed by atoms with van der Waals surface area (Å²) in [6.45, 7) is 12.2. The Labute approximate surface area is 545 Å². The van der Waals surface area contributed by atoms with Gasteiger partial charge < -0.3 is 37.9 Å². The largest absolute Gasteiger partial charge is 0.494 e. The van der Waals surface area contributed by atoms with E-state index in [1.54, 1.807) is 123 Å². The van der Waals surface area contributed by atoms with Crippen LogP contribution in [0, 0.1) is 0 Å². The predicted molar refractivity (Wildman–Crippen MR) is 363 cm³/mol. The Morgan fingerprint density at radius 1 is 0.319 bits per heavy atom. The number of ether oxygens (including phenoxy) is 8. The zero-order chi connectivity index (χ0) is 65.8. The summed E-state index contributed by atoms with van der Waals surface area (Å²) in [5.74, 6) is -0.278. The van der Waals surface area contributed by atoms with Gasteiger partial charge >= 0.3 is 35.8 Å². The lowest BCUT2D eigenvalue weighted by Crippen LogP contribution is -2.10. The molecule has 0 aliphatic carbocycles. The standard InChI is InChI=1S/C80H70O14/c1-53(2)75(81)89-49-15-7-5-13-47-87-65-38-33-62(34-39-65)77(83)91-67-42-29-57(30-43-67)55-21-25-60(26-22-55)79(85)93-69-51-64-18-10-11-19-70(64)72(52-69)74-71-20-12-9-17-59(71)37-46-73(74)94-80(86)61-27-23-56(24-28-61)58-31-44-68(45-32-58)92-78(84)63-35-40-66(41-36-63)88-48-14-6-8-16-50-90-76(82)54(3)4/h9-12,17-46,51-52H,1,3,5-8,13-16,47-50H2,2,4H3. The Bertz CT molecular complexity index is 4340. The number of unbranched alkanes of at least 4 members (excludes halogenated alkanes) is 6. The van der Waals surface area contributed by atoms with Crippen LogP contribution in [0.2, 0.25) is 0 Å². The average molecular weight is 1260 g/mol. The van der Waals surface area contributed by atoms with Crippen LogP contribution in [0.4, 0.5) is 0 Å². The second kappa shape index (κ2) is 32.1. The number of benzene rings is 10. The van der Waals surface area contributed by atoms with Crippen LogP contribution in [0.1, 0.15) is 107 Å². The van der Waals surface area contributed by atoms with Crippen LogP contribution in [0.3, 0.4) is 0 Å². The summed E-state index contributed by atoms with van der Waals surface area (Å²) in [5.41, 5.74) is 6.83. The van der Waals surface area contributed by atoms with Crippen molar-refractivity contribution in [2.45, 2.75) is 65.2 Å². The highest BCUT2D eigenvalue weighted by molar-refractivity contribution is 6.09. The zero-order valence-corrected chi connectivity index (χ0v) is 52.4. The van der Waals surface area contributed by atoms with Gasteiger partial charge in [-0.05, 0) is 230 Å². The maximum Gasteiger partial charge on any atom is 0.343 e. The molecule has 10 aromatic rings. The number of carbonyl (C=O) groups is 6. The summed E-state index contributed by atoms with van der Waals surface area (Å²) < 4.78 is 45.7. The quantitative estimate of drug-likeness (QED) is 0.0187. The predicted octanol–water partition coefficient (Wildman–Crippen LogP) is 18.0. The van der Waals surface area contributed by atoms with Crippen molar-refractivity contribution in [2.24, 2.45) is 0 Å². The van der Waals surface area contributed by atoms with E-state index in [1.165, 1.54) is 0 Å². The molecule has 0 saturated carbocycles. The third kappa shape index (κ3) is 17.8. The first-order valence-corrected chi connectivity index (χ1v) is 31.2. The van der Waals surface area contributed by atoms with Crippen LogP contribution in [0.15, 0.2) is 243 Å². The summed E-state index contributed by atoms with van der Waals surface area (Å²) in [6, 6.07) is 64.7. The fourth-order valence-corrected chi connectivity index (χ4v) is 10.3. The molecule has 0 aliphatic heterocycles. The highest BCUT2D eigenvalue weighted by Gasteiger charge is 2.21. The number of fused-ring (bicyclic) bond motifs is 2. The van der Waals surface area contributed by atoms with E-state index < -0.39 is 23.9 Å². The van der Waals surface area contributed by atoms with Crippen LogP contribution in [-0.4, -0.2) is 62.2 Å². The van der Waals surface area contributed by atoms with Crippen LogP contribution in [-0.2, 0) is 19.1 Å². The summed E-state index contributed by atoms with van der Waals surface area (Å²) in [5, 5.41) is 3.38. The molecular weight excluding hydrogens is 1180 g/mol. The average Bonchev–Trinajstić information content (AvgIpc) is 0.785. The molecule has 94 heavy (non-hydrogen) atoms. The molecule has 0 atom stereocenters. The van der Waals surface area contributed by atoms with Crippen LogP contribution < -0.4 is 28.4 Å². The van der Waals surface area contributed by atoms with E-state index in [2.05, 4.69) is 13.2 Å². The molecule has 474 valence electrons. The van der Waals surface area contributed by atoms with Gasteiger partial charge in [0.15, 0.2) is 0 Å². The summed E-state index contributed by atoms with van der Waals surface area (Å²) in [6.07, 6.45) is 6.90. The molecule has 0 radical (unpaired) electrons. The van der Waals surface area contributed by atoms with Gasteiger partial charge in [-0.25, -0.2) is 28.8 Å². The molecule has 0 bridgehead atoms. The molecule has 10 aromatic carbocycles. The van der Waals surface area contributed by atoms with Crippen LogP contribution in [0.25, 0.3) is 54.9 Å². The maximum absolute atomic E-state index is 14.1. The van der Waals surface area contributed by atoms with Crippen LogP contribution in [0.5, 0.6) is 34.5 Å². The van der Waals surface area contributed by atoms with Crippen molar-refractivity contribution in [3.8, 4) is 67.9 Å². The molecule has 10 rings (SSSR count). The van der Waals surface area contributed by atoms with E-state index in [0.717, 1.165) is 95.2 Å². The van der Waals surface area contributed by atoms with Gasteiger partial charge in [-0.2, -0.15) is 0 Å². The zero-order valence-electron chi connectivity index (χ0n) is 52.4. The fraction of sp³-hybridized carbons (Fsp3) is 0.175. The highest BCUT2D eigenvalue weighted by Crippen LogP contribution is 2.43. The highest BCUT2D eigenvalue weighted by atomic mass is 16.6. The molecule has 0 saturated heterocycles. The maximum atomic E-state index is 14.1. The number of esters is 6. The topological polar surface area (TPSA) is 176 Å². The lowest BCUT2D eigenvalue weighted by molar-refractivity contribution is -0.139. The molecule has 0 fully saturated rings. The molecule has 0 heterocycles. The van der Waals surface area contributed by atoms with Gasteiger partial charge in [-0.15, -0.1) is 0 Å². The smallest absolute Gasteiger partial charge is 0.343 e. The van der Waals surface area contributed by atoms with Crippen molar-refractivity contribution in [3.63, 3.8) is 0 Å². The van der Waals surface area contributed by atoms with E-state index in [-0.39, 0.29) is 11.9 Å². The van der Waals surface area contributed by atoms with Crippen molar-refractivity contribution in [1.29, 1.82) is 0 Å². The minimum Gasteiger partial charge on any atom is -0.494 e. The minimum absolute atomic E-state index is 0.291. The second-order valence-corrected chi connectivity index (χ2v) is 22.5. The Morgan fingerprint density at radius 2 is 0.670 bits per heavy atom. The fourth-order valence-electron chi connectivity index (χ4n) is 10.3. The number of hydrogen-bond acceptors (Lipinski definition) is 14.